The van der Waals surface area contributed by atoms with Gasteiger partial charge in [-0.2, -0.15) is 0 Å². The molecule has 1 atom stereocenters. The lowest BCUT2D eigenvalue weighted by Gasteiger charge is -2.24. The summed E-state index contributed by atoms with van der Waals surface area (Å²) in [6.07, 6.45) is 0.464. The van der Waals surface area contributed by atoms with Crippen LogP contribution in [0.5, 0.6) is 5.75 Å². The van der Waals surface area contributed by atoms with Crippen LogP contribution in [0.1, 0.15) is 11.1 Å². The van der Waals surface area contributed by atoms with Gasteiger partial charge >= 0.3 is 5.97 Å². The second kappa shape index (κ2) is 6.88. The van der Waals surface area contributed by atoms with Gasteiger partial charge in [-0.25, -0.2) is 0 Å². The van der Waals surface area contributed by atoms with Gasteiger partial charge in [-0.1, -0.05) is 23.7 Å². The first-order chi connectivity index (χ1) is 11.5. The van der Waals surface area contributed by atoms with Crippen LogP contribution in [0.25, 0.3) is 0 Å². The number of carbonyl (C=O) groups is 1. The average molecular weight is 348 g/mol. The molecule has 6 nitrogen and oxygen atoms in total. The van der Waals surface area contributed by atoms with Gasteiger partial charge in [0.05, 0.1) is 16.4 Å². The lowest BCUT2D eigenvalue weighted by Crippen LogP contribution is -2.29. The second-order valence-electron chi connectivity index (χ2n) is 5.46. The van der Waals surface area contributed by atoms with Gasteiger partial charge in [0.25, 0.3) is 5.69 Å². The van der Waals surface area contributed by atoms with E-state index in [0.29, 0.717) is 22.8 Å². The summed E-state index contributed by atoms with van der Waals surface area (Å²) in [5.74, 6) is -0.195. The molecule has 0 aromatic heterocycles. The summed E-state index contributed by atoms with van der Waals surface area (Å²) in [5, 5.41) is 11.5. The third-order valence-electron chi connectivity index (χ3n) is 3.82. The van der Waals surface area contributed by atoms with E-state index in [2.05, 4.69) is 0 Å². The molecule has 0 aliphatic carbocycles. The standard InChI is InChI=1S/C17H14ClNO5/c18-14-5-6-16-12(8-14)7-13(10-23-16)17(20)24-9-11-3-1-2-4-15(11)19(21)22/h1-6,8,13H,7,9-10H2/t13-/m1/s1. The number of hydrogen-bond donors (Lipinski definition) is 0. The molecule has 1 aliphatic rings. The number of nitro benzene ring substituents is 1. The summed E-state index contributed by atoms with van der Waals surface area (Å²) in [4.78, 5) is 22.7. The highest BCUT2D eigenvalue weighted by atomic mass is 35.5. The fourth-order valence-electron chi connectivity index (χ4n) is 2.59. The summed E-state index contributed by atoms with van der Waals surface area (Å²) in [6, 6.07) is 11.4. The van der Waals surface area contributed by atoms with E-state index < -0.39 is 16.8 Å². The van der Waals surface area contributed by atoms with Crippen LogP contribution in [0.2, 0.25) is 5.02 Å². The van der Waals surface area contributed by atoms with Crippen LogP contribution in [0, 0.1) is 16.0 Å². The van der Waals surface area contributed by atoms with Gasteiger partial charge in [-0.05, 0) is 36.2 Å². The number of hydrogen-bond acceptors (Lipinski definition) is 5. The predicted molar refractivity (Wildman–Crippen MR) is 87.0 cm³/mol. The lowest BCUT2D eigenvalue weighted by atomic mass is 9.97. The Balaban J connectivity index is 1.65. The molecule has 1 heterocycles. The minimum Gasteiger partial charge on any atom is -0.492 e. The van der Waals surface area contributed by atoms with E-state index in [0.717, 1.165) is 5.56 Å². The largest absolute Gasteiger partial charge is 0.492 e. The minimum atomic E-state index is -0.495. The number of rotatable bonds is 4. The Bertz CT molecular complexity index is 792. The van der Waals surface area contributed by atoms with E-state index >= 15 is 0 Å². The van der Waals surface area contributed by atoms with Crippen LogP contribution >= 0.6 is 11.6 Å². The van der Waals surface area contributed by atoms with Crippen LogP contribution in [-0.2, 0) is 22.6 Å². The molecule has 0 amide bonds. The molecule has 7 heteroatoms. The third-order valence-corrected chi connectivity index (χ3v) is 4.06. The van der Waals surface area contributed by atoms with Crippen molar-refractivity contribution < 1.29 is 19.2 Å². The first-order valence-electron chi connectivity index (χ1n) is 7.35. The molecule has 0 bridgehead atoms. The Labute approximate surface area is 143 Å². The molecular formula is C17H14ClNO5. The summed E-state index contributed by atoms with van der Waals surface area (Å²) >= 11 is 5.96. The van der Waals surface area contributed by atoms with E-state index in [-0.39, 0.29) is 18.9 Å². The Hall–Kier alpha value is -2.60. The van der Waals surface area contributed by atoms with Crippen molar-refractivity contribution in [2.24, 2.45) is 5.92 Å². The van der Waals surface area contributed by atoms with Crippen LogP contribution in [0.4, 0.5) is 5.69 Å². The van der Waals surface area contributed by atoms with Gasteiger partial charge in [0.15, 0.2) is 0 Å². The van der Waals surface area contributed by atoms with Crippen molar-refractivity contribution in [3.05, 3.63) is 68.7 Å². The smallest absolute Gasteiger partial charge is 0.313 e. The number of nitro groups is 1. The van der Waals surface area contributed by atoms with E-state index in [4.69, 9.17) is 21.1 Å². The zero-order chi connectivity index (χ0) is 17.1. The number of nitrogens with zero attached hydrogens (tertiary/aromatic N) is 1. The number of carbonyl (C=O) groups excluding carboxylic acids is 1. The second-order valence-corrected chi connectivity index (χ2v) is 5.89. The summed E-state index contributed by atoms with van der Waals surface area (Å²) in [6.45, 7) is 0.0687. The van der Waals surface area contributed by atoms with E-state index in [9.17, 15) is 14.9 Å². The van der Waals surface area contributed by atoms with Gasteiger partial charge in [-0.3, -0.25) is 14.9 Å². The fourth-order valence-corrected chi connectivity index (χ4v) is 2.79. The molecule has 0 unspecified atom stereocenters. The number of fused-ring (bicyclic) bond motifs is 1. The van der Waals surface area contributed by atoms with E-state index in [1.807, 2.05) is 0 Å². The van der Waals surface area contributed by atoms with Crippen molar-refractivity contribution in [3.8, 4) is 5.75 Å². The highest BCUT2D eigenvalue weighted by molar-refractivity contribution is 6.30. The zero-order valence-electron chi connectivity index (χ0n) is 12.6. The number of benzene rings is 2. The normalized spacial score (nSPS) is 16.0. The van der Waals surface area contributed by atoms with Crippen molar-refractivity contribution in [2.75, 3.05) is 6.61 Å². The van der Waals surface area contributed by atoms with Crippen molar-refractivity contribution in [2.45, 2.75) is 13.0 Å². The van der Waals surface area contributed by atoms with Gasteiger partial charge in [0.1, 0.15) is 19.0 Å². The maximum Gasteiger partial charge on any atom is 0.313 e. The number of para-hydroxylation sites is 1. The first kappa shape index (κ1) is 16.3. The third kappa shape index (κ3) is 3.49. The molecule has 3 rings (SSSR count). The van der Waals surface area contributed by atoms with Crippen molar-refractivity contribution >= 4 is 23.3 Å². The van der Waals surface area contributed by atoms with Gasteiger partial charge in [-0.15, -0.1) is 0 Å². The van der Waals surface area contributed by atoms with Crippen LogP contribution in [-0.4, -0.2) is 17.5 Å². The summed E-state index contributed by atoms with van der Waals surface area (Å²) in [7, 11) is 0. The molecule has 0 saturated carbocycles. The highest BCUT2D eigenvalue weighted by Gasteiger charge is 2.28. The van der Waals surface area contributed by atoms with E-state index in [1.54, 1.807) is 36.4 Å². The van der Waals surface area contributed by atoms with Crippen LogP contribution in [0.3, 0.4) is 0 Å². The SMILES string of the molecule is O=C(OCc1ccccc1[N+](=O)[O-])[C@H]1COc2ccc(Cl)cc2C1. The van der Waals surface area contributed by atoms with Crippen LogP contribution < -0.4 is 4.74 Å². The molecule has 0 radical (unpaired) electrons. The maximum absolute atomic E-state index is 12.2. The molecule has 2 aromatic rings. The minimum absolute atomic E-state index is 0.0673. The quantitative estimate of drug-likeness (QED) is 0.480. The van der Waals surface area contributed by atoms with Gasteiger partial charge in [0, 0.05) is 11.1 Å². The molecule has 124 valence electrons. The number of esters is 1. The maximum atomic E-state index is 12.2. The van der Waals surface area contributed by atoms with Gasteiger partial charge in [0.2, 0.25) is 0 Å². The Morgan fingerprint density at radius 3 is 2.92 bits per heavy atom. The molecule has 0 N–H and O–H groups in total. The molecule has 2 aromatic carbocycles. The summed E-state index contributed by atoms with van der Waals surface area (Å²) < 4.78 is 10.8. The number of ether oxygens (including phenoxy) is 2. The highest BCUT2D eigenvalue weighted by Crippen LogP contribution is 2.30. The first-order valence-corrected chi connectivity index (χ1v) is 7.72. The topological polar surface area (TPSA) is 78.7 Å². The van der Waals surface area contributed by atoms with Crippen molar-refractivity contribution in [1.82, 2.24) is 0 Å². The monoisotopic (exact) mass is 347 g/mol. The Kier molecular flexibility index (Phi) is 4.66. The van der Waals surface area contributed by atoms with Crippen LogP contribution in [0.15, 0.2) is 42.5 Å². The Morgan fingerprint density at radius 1 is 1.33 bits per heavy atom. The van der Waals surface area contributed by atoms with Crippen molar-refractivity contribution in [1.29, 1.82) is 0 Å². The number of halogens is 1. The van der Waals surface area contributed by atoms with Crippen molar-refractivity contribution in [3.63, 3.8) is 0 Å². The molecular weight excluding hydrogens is 334 g/mol. The molecule has 24 heavy (non-hydrogen) atoms. The molecule has 0 fully saturated rings. The zero-order valence-corrected chi connectivity index (χ0v) is 13.4. The van der Waals surface area contributed by atoms with Gasteiger partial charge < -0.3 is 9.47 Å². The Morgan fingerprint density at radius 2 is 2.12 bits per heavy atom. The molecule has 0 spiro atoms. The lowest BCUT2D eigenvalue weighted by molar-refractivity contribution is -0.385. The average Bonchev–Trinajstić information content (AvgIpc) is 2.59. The van der Waals surface area contributed by atoms with E-state index in [1.165, 1.54) is 6.07 Å². The summed E-state index contributed by atoms with van der Waals surface area (Å²) in [5.41, 5.74) is 1.14. The molecule has 1 aliphatic heterocycles. The fraction of sp³-hybridized carbons (Fsp3) is 0.235. The predicted octanol–water partition coefficient (Wildman–Crippen LogP) is 3.54. The molecule has 0 saturated heterocycles.